The molecule has 2 aromatic carbocycles. The Hall–Kier alpha value is -3.02. The Bertz CT molecular complexity index is 1040. The fraction of sp³-hybridized carbons (Fsp3) is 0.158. The van der Waals surface area contributed by atoms with Gasteiger partial charge < -0.3 is 10.3 Å². The number of rotatable bonds is 3. The number of hydrogen-bond acceptors (Lipinski definition) is 2. The van der Waals surface area contributed by atoms with Crippen LogP contribution < -0.4 is 10.9 Å². The zero-order valence-electron chi connectivity index (χ0n) is 13.7. The van der Waals surface area contributed by atoms with Gasteiger partial charge in [-0.3, -0.25) is 9.59 Å². The first kappa shape index (κ1) is 16.8. The minimum absolute atomic E-state index is 0.0115. The molecule has 0 saturated carbocycles. The van der Waals surface area contributed by atoms with Gasteiger partial charge in [-0.2, -0.15) is 0 Å². The van der Waals surface area contributed by atoms with Crippen LogP contribution in [0.25, 0.3) is 10.9 Å². The minimum Gasteiger partial charge on any atom is -0.348 e. The lowest BCUT2D eigenvalue weighted by atomic mass is 10.0. The summed E-state index contributed by atoms with van der Waals surface area (Å²) in [7, 11) is 0. The summed E-state index contributed by atoms with van der Waals surface area (Å²) in [5.74, 6) is -2.70. The molecule has 0 atom stereocenters. The standard InChI is InChI=1S/C19H16F2N2O2/c1-10-3-4-12-7-14(19(25)23-17(12)11(10)2)9-22-18(24)13-5-6-15(20)16(21)8-13/h3-8H,9H2,1-2H3,(H,22,24)(H,23,25). The Morgan fingerprint density at radius 2 is 1.84 bits per heavy atom. The lowest BCUT2D eigenvalue weighted by Gasteiger charge is -2.09. The molecule has 0 saturated heterocycles. The first-order valence-electron chi connectivity index (χ1n) is 7.72. The molecule has 0 spiro atoms. The van der Waals surface area contributed by atoms with Crippen molar-refractivity contribution in [2.45, 2.75) is 20.4 Å². The Kier molecular flexibility index (Phi) is 4.35. The Labute approximate surface area is 142 Å². The number of hydrogen-bond donors (Lipinski definition) is 2. The molecule has 0 fully saturated rings. The second kappa shape index (κ2) is 6.47. The molecule has 25 heavy (non-hydrogen) atoms. The van der Waals surface area contributed by atoms with Crippen LogP contribution in [0.15, 0.2) is 41.2 Å². The van der Waals surface area contributed by atoms with Crippen molar-refractivity contribution in [3.05, 3.63) is 80.6 Å². The van der Waals surface area contributed by atoms with Crippen LogP contribution in [0.5, 0.6) is 0 Å². The Balaban J connectivity index is 1.84. The van der Waals surface area contributed by atoms with Crippen molar-refractivity contribution in [2.75, 3.05) is 0 Å². The number of aryl methyl sites for hydroxylation is 2. The van der Waals surface area contributed by atoms with E-state index >= 15 is 0 Å². The van der Waals surface area contributed by atoms with Crippen molar-refractivity contribution in [2.24, 2.45) is 0 Å². The highest BCUT2D eigenvalue weighted by Crippen LogP contribution is 2.19. The monoisotopic (exact) mass is 342 g/mol. The van der Waals surface area contributed by atoms with E-state index in [1.807, 2.05) is 26.0 Å². The van der Waals surface area contributed by atoms with E-state index in [4.69, 9.17) is 0 Å². The molecule has 1 amide bonds. The van der Waals surface area contributed by atoms with Gasteiger partial charge in [0, 0.05) is 17.7 Å². The van der Waals surface area contributed by atoms with Crippen LogP contribution in [0.1, 0.15) is 27.0 Å². The molecule has 0 aliphatic carbocycles. The van der Waals surface area contributed by atoms with Gasteiger partial charge in [0.05, 0.1) is 5.52 Å². The van der Waals surface area contributed by atoms with Crippen molar-refractivity contribution in [1.29, 1.82) is 0 Å². The Morgan fingerprint density at radius 1 is 1.08 bits per heavy atom. The number of halogens is 2. The van der Waals surface area contributed by atoms with Crippen LogP contribution in [0, 0.1) is 25.5 Å². The van der Waals surface area contributed by atoms with Crippen LogP contribution in [0.3, 0.4) is 0 Å². The lowest BCUT2D eigenvalue weighted by Crippen LogP contribution is -2.27. The molecule has 1 heterocycles. The molecule has 0 aliphatic heterocycles. The van der Waals surface area contributed by atoms with Crippen LogP contribution in [0.2, 0.25) is 0 Å². The predicted octanol–water partition coefficient (Wildman–Crippen LogP) is 3.35. The number of carbonyl (C=O) groups excluding carboxylic acids is 1. The third kappa shape index (κ3) is 3.28. The quantitative estimate of drug-likeness (QED) is 0.767. The molecular weight excluding hydrogens is 326 g/mol. The number of nitrogens with one attached hydrogen (secondary N) is 2. The van der Waals surface area contributed by atoms with Gasteiger partial charge in [-0.05, 0) is 54.6 Å². The lowest BCUT2D eigenvalue weighted by molar-refractivity contribution is 0.0950. The number of carbonyl (C=O) groups is 1. The zero-order chi connectivity index (χ0) is 18.1. The topological polar surface area (TPSA) is 62.0 Å². The highest BCUT2D eigenvalue weighted by atomic mass is 19.2. The number of aromatic nitrogens is 1. The molecule has 0 unspecified atom stereocenters. The summed E-state index contributed by atoms with van der Waals surface area (Å²) < 4.78 is 26.1. The SMILES string of the molecule is Cc1ccc2cc(CNC(=O)c3ccc(F)c(F)c3)c(=O)[nH]c2c1C. The summed E-state index contributed by atoms with van der Waals surface area (Å²) in [5, 5.41) is 3.41. The fourth-order valence-electron chi connectivity index (χ4n) is 2.62. The fourth-order valence-corrected chi connectivity index (χ4v) is 2.62. The zero-order valence-corrected chi connectivity index (χ0v) is 13.7. The van der Waals surface area contributed by atoms with E-state index in [0.717, 1.165) is 34.2 Å². The van der Waals surface area contributed by atoms with Gasteiger partial charge in [0.2, 0.25) is 0 Å². The first-order chi connectivity index (χ1) is 11.9. The summed E-state index contributed by atoms with van der Waals surface area (Å²) in [6.07, 6.45) is 0. The second-order valence-corrected chi connectivity index (χ2v) is 5.91. The number of fused-ring (bicyclic) bond motifs is 1. The molecule has 2 N–H and O–H groups in total. The van der Waals surface area contributed by atoms with E-state index in [1.165, 1.54) is 6.07 Å². The summed E-state index contributed by atoms with van der Waals surface area (Å²) in [6.45, 7) is 3.87. The molecule has 128 valence electrons. The predicted molar refractivity (Wildman–Crippen MR) is 91.6 cm³/mol. The van der Waals surface area contributed by atoms with Gasteiger partial charge in [-0.25, -0.2) is 8.78 Å². The molecule has 3 aromatic rings. The first-order valence-corrected chi connectivity index (χ1v) is 7.72. The molecule has 0 bridgehead atoms. The third-order valence-corrected chi connectivity index (χ3v) is 4.25. The summed E-state index contributed by atoms with van der Waals surface area (Å²) in [6, 6.07) is 8.46. The van der Waals surface area contributed by atoms with Crippen LogP contribution in [-0.4, -0.2) is 10.9 Å². The maximum absolute atomic E-state index is 13.2. The Morgan fingerprint density at radius 3 is 2.56 bits per heavy atom. The van der Waals surface area contributed by atoms with Gasteiger partial charge in [0.1, 0.15) is 0 Å². The maximum Gasteiger partial charge on any atom is 0.253 e. The van der Waals surface area contributed by atoms with E-state index in [-0.39, 0.29) is 17.7 Å². The molecule has 1 aromatic heterocycles. The number of aromatic amines is 1. The number of H-pyrrole nitrogens is 1. The van der Waals surface area contributed by atoms with E-state index in [2.05, 4.69) is 10.3 Å². The minimum atomic E-state index is -1.10. The van der Waals surface area contributed by atoms with Gasteiger partial charge >= 0.3 is 0 Å². The van der Waals surface area contributed by atoms with Crippen molar-refractivity contribution in [3.63, 3.8) is 0 Å². The normalized spacial score (nSPS) is 10.9. The van der Waals surface area contributed by atoms with E-state index < -0.39 is 17.5 Å². The smallest absolute Gasteiger partial charge is 0.253 e. The van der Waals surface area contributed by atoms with E-state index in [1.54, 1.807) is 6.07 Å². The summed E-state index contributed by atoms with van der Waals surface area (Å²) in [5.41, 5.74) is 2.90. The molecule has 3 rings (SSSR count). The van der Waals surface area contributed by atoms with Crippen molar-refractivity contribution >= 4 is 16.8 Å². The third-order valence-electron chi connectivity index (χ3n) is 4.25. The van der Waals surface area contributed by atoms with Crippen LogP contribution >= 0.6 is 0 Å². The number of amides is 1. The molecule has 4 nitrogen and oxygen atoms in total. The highest BCUT2D eigenvalue weighted by molar-refractivity contribution is 5.94. The molecule has 6 heteroatoms. The van der Waals surface area contributed by atoms with E-state index in [9.17, 15) is 18.4 Å². The molecular formula is C19H16F2N2O2. The van der Waals surface area contributed by atoms with Crippen molar-refractivity contribution in [1.82, 2.24) is 10.3 Å². The van der Waals surface area contributed by atoms with Gasteiger partial charge in [-0.1, -0.05) is 12.1 Å². The largest absolute Gasteiger partial charge is 0.348 e. The van der Waals surface area contributed by atoms with Crippen LogP contribution in [0.4, 0.5) is 8.78 Å². The summed E-state index contributed by atoms with van der Waals surface area (Å²) in [4.78, 5) is 27.1. The van der Waals surface area contributed by atoms with Crippen molar-refractivity contribution in [3.8, 4) is 0 Å². The van der Waals surface area contributed by atoms with Gasteiger partial charge in [-0.15, -0.1) is 0 Å². The van der Waals surface area contributed by atoms with Crippen molar-refractivity contribution < 1.29 is 13.6 Å². The van der Waals surface area contributed by atoms with Crippen LogP contribution in [-0.2, 0) is 6.54 Å². The number of benzene rings is 2. The van der Waals surface area contributed by atoms with E-state index in [0.29, 0.717) is 5.56 Å². The second-order valence-electron chi connectivity index (χ2n) is 5.91. The maximum atomic E-state index is 13.2. The van der Waals surface area contributed by atoms with Gasteiger partial charge in [0.25, 0.3) is 11.5 Å². The molecule has 0 radical (unpaired) electrons. The number of pyridine rings is 1. The highest BCUT2D eigenvalue weighted by Gasteiger charge is 2.11. The van der Waals surface area contributed by atoms with Gasteiger partial charge in [0.15, 0.2) is 11.6 Å². The molecule has 0 aliphatic rings. The summed E-state index contributed by atoms with van der Waals surface area (Å²) >= 11 is 0. The average Bonchev–Trinajstić information content (AvgIpc) is 2.59. The average molecular weight is 342 g/mol.